The van der Waals surface area contributed by atoms with E-state index in [1.165, 1.54) is 6.92 Å². The molecule has 0 radical (unpaired) electrons. The van der Waals surface area contributed by atoms with Crippen LogP contribution in [0.3, 0.4) is 0 Å². The fourth-order valence-electron chi connectivity index (χ4n) is 0.558. The van der Waals surface area contributed by atoms with Gasteiger partial charge in [0.05, 0.1) is 12.2 Å². The quantitative estimate of drug-likeness (QED) is 0.405. The van der Waals surface area contributed by atoms with Gasteiger partial charge in [0, 0.05) is 6.42 Å². The van der Waals surface area contributed by atoms with Crippen LogP contribution in [0, 0.1) is 0 Å². The summed E-state index contributed by atoms with van der Waals surface area (Å²) >= 11 is 0. The van der Waals surface area contributed by atoms with Gasteiger partial charge in [-0.2, -0.15) is 0 Å². The molecule has 0 fully saturated rings. The van der Waals surface area contributed by atoms with E-state index in [1.54, 1.807) is 0 Å². The summed E-state index contributed by atoms with van der Waals surface area (Å²) in [5.74, 6) is -1.18. The first kappa shape index (κ1) is 10.3. The number of rotatable bonds is 4. The molecule has 0 aliphatic heterocycles. The van der Waals surface area contributed by atoms with Crippen LogP contribution in [0.15, 0.2) is 0 Å². The highest BCUT2D eigenvalue weighted by Crippen LogP contribution is 2.00. The van der Waals surface area contributed by atoms with Crippen molar-refractivity contribution in [3.8, 4) is 0 Å². The zero-order valence-corrected chi connectivity index (χ0v) is 6.27. The molecule has 5 heteroatoms. The standard InChI is InChI=1S/C6H13NO4/c1-3(8)5(9)2-4(7)6(10)11/h3-5,8-9H,2,7H2,1H3,(H,10,11)/t3-,4-,5+/m1/s1. The summed E-state index contributed by atoms with van der Waals surface area (Å²) in [5, 5.41) is 26.0. The fraction of sp³-hybridized carbons (Fsp3) is 0.833. The molecular weight excluding hydrogens is 150 g/mol. The lowest BCUT2D eigenvalue weighted by Gasteiger charge is -2.15. The van der Waals surface area contributed by atoms with Crippen molar-refractivity contribution < 1.29 is 20.1 Å². The highest BCUT2D eigenvalue weighted by molar-refractivity contribution is 5.73. The molecule has 0 spiro atoms. The van der Waals surface area contributed by atoms with Gasteiger partial charge in [0.1, 0.15) is 6.04 Å². The second-order valence-corrected chi connectivity index (χ2v) is 2.49. The second kappa shape index (κ2) is 4.27. The minimum atomic E-state index is -1.18. The van der Waals surface area contributed by atoms with Crippen molar-refractivity contribution in [3.63, 3.8) is 0 Å². The lowest BCUT2D eigenvalue weighted by atomic mass is 10.1. The van der Waals surface area contributed by atoms with Gasteiger partial charge in [0.2, 0.25) is 0 Å². The Hall–Kier alpha value is -0.650. The molecule has 0 heterocycles. The smallest absolute Gasteiger partial charge is 0.320 e. The van der Waals surface area contributed by atoms with Gasteiger partial charge in [-0.1, -0.05) is 0 Å². The summed E-state index contributed by atoms with van der Waals surface area (Å²) in [7, 11) is 0. The predicted molar refractivity (Wildman–Crippen MR) is 37.9 cm³/mol. The molecule has 0 aromatic carbocycles. The van der Waals surface area contributed by atoms with Crippen molar-refractivity contribution in [2.45, 2.75) is 31.6 Å². The minimum absolute atomic E-state index is 0.132. The van der Waals surface area contributed by atoms with Crippen LogP contribution in [-0.2, 0) is 4.79 Å². The Morgan fingerprint density at radius 1 is 1.55 bits per heavy atom. The first-order valence-electron chi connectivity index (χ1n) is 3.29. The topological polar surface area (TPSA) is 104 Å². The first-order chi connectivity index (χ1) is 4.95. The molecule has 11 heavy (non-hydrogen) atoms. The van der Waals surface area contributed by atoms with Gasteiger partial charge in [-0.15, -0.1) is 0 Å². The molecule has 0 saturated carbocycles. The average Bonchev–Trinajstić information content (AvgIpc) is 1.87. The van der Waals surface area contributed by atoms with Crippen LogP contribution in [0.25, 0.3) is 0 Å². The predicted octanol–water partition coefficient (Wildman–Crippen LogP) is -1.47. The van der Waals surface area contributed by atoms with Crippen molar-refractivity contribution in [2.75, 3.05) is 0 Å². The number of hydrogen-bond acceptors (Lipinski definition) is 4. The summed E-state index contributed by atoms with van der Waals surface area (Å²) in [6.07, 6.45) is -2.14. The van der Waals surface area contributed by atoms with Crippen molar-refractivity contribution >= 4 is 5.97 Å². The van der Waals surface area contributed by atoms with E-state index in [0.29, 0.717) is 0 Å². The van der Waals surface area contributed by atoms with Gasteiger partial charge in [0.15, 0.2) is 0 Å². The highest BCUT2D eigenvalue weighted by atomic mass is 16.4. The first-order valence-corrected chi connectivity index (χ1v) is 3.29. The van der Waals surface area contributed by atoms with E-state index in [0.717, 1.165) is 0 Å². The number of carboxylic acids is 1. The Morgan fingerprint density at radius 2 is 2.00 bits per heavy atom. The summed E-state index contributed by atoms with van der Waals surface area (Å²) in [5.41, 5.74) is 5.08. The minimum Gasteiger partial charge on any atom is -0.480 e. The van der Waals surface area contributed by atoms with Crippen LogP contribution in [0.5, 0.6) is 0 Å². The molecule has 0 aliphatic rings. The molecule has 5 nitrogen and oxygen atoms in total. The largest absolute Gasteiger partial charge is 0.480 e. The van der Waals surface area contributed by atoms with Crippen molar-refractivity contribution in [3.05, 3.63) is 0 Å². The van der Waals surface area contributed by atoms with Crippen LogP contribution in [0.4, 0.5) is 0 Å². The van der Waals surface area contributed by atoms with Crippen LogP contribution < -0.4 is 5.73 Å². The average molecular weight is 163 g/mol. The number of carbonyl (C=O) groups is 1. The molecular formula is C6H13NO4. The highest BCUT2D eigenvalue weighted by Gasteiger charge is 2.19. The third-order valence-corrected chi connectivity index (χ3v) is 1.37. The Bertz CT molecular complexity index is 137. The van der Waals surface area contributed by atoms with E-state index in [-0.39, 0.29) is 6.42 Å². The van der Waals surface area contributed by atoms with Gasteiger partial charge >= 0.3 is 5.97 Å². The zero-order chi connectivity index (χ0) is 9.02. The van der Waals surface area contributed by atoms with Crippen LogP contribution >= 0.6 is 0 Å². The van der Waals surface area contributed by atoms with Gasteiger partial charge in [-0.25, -0.2) is 0 Å². The lowest BCUT2D eigenvalue weighted by molar-refractivity contribution is -0.139. The van der Waals surface area contributed by atoms with Gasteiger partial charge in [-0.05, 0) is 6.92 Å². The van der Waals surface area contributed by atoms with Gasteiger partial charge < -0.3 is 21.1 Å². The number of carboxylic acid groups (broad SMARTS) is 1. The summed E-state index contributed by atoms with van der Waals surface area (Å²) in [6, 6.07) is -1.11. The van der Waals surface area contributed by atoms with E-state index in [1.807, 2.05) is 0 Å². The lowest BCUT2D eigenvalue weighted by Crippen LogP contribution is -2.37. The third kappa shape index (κ3) is 3.92. The Balaban J connectivity index is 3.75. The molecule has 66 valence electrons. The third-order valence-electron chi connectivity index (χ3n) is 1.37. The molecule has 3 atom stereocenters. The van der Waals surface area contributed by atoms with Crippen molar-refractivity contribution in [2.24, 2.45) is 5.73 Å². The monoisotopic (exact) mass is 163 g/mol. The van der Waals surface area contributed by atoms with E-state index in [9.17, 15) is 4.79 Å². The van der Waals surface area contributed by atoms with E-state index in [4.69, 9.17) is 21.1 Å². The van der Waals surface area contributed by atoms with Gasteiger partial charge in [0.25, 0.3) is 0 Å². The van der Waals surface area contributed by atoms with E-state index >= 15 is 0 Å². The van der Waals surface area contributed by atoms with Crippen LogP contribution in [0.2, 0.25) is 0 Å². The van der Waals surface area contributed by atoms with E-state index in [2.05, 4.69) is 0 Å². The molecule has 0 aliphatic carbocycles. The number of nitrogens with two attached hydrogens (primary N) is 1. The molecule has 0 aromatic heterocycles. The SMILES string of the molecule is C[C@@H](O)[C@@H](O)C[C@@H](N)C(=O)O. The number of aliphatic hydroxyl groups is 2. The van der Waals surface area contributed by atoms with Crippen molar-refractivity contribution in [1.82, 2.24) is 0 Å². The van der Waals surface area contributed by atoms with E-state index < -0.39 is 24.2 Å². The number of aliphatic hydroxyl groups excluding tert-OH is 2. The molecule has 0 rings (SSSR count). The fourth-order valence-corrected chi connectivity index (χ4v) is 0.558. The van der Waals surface area contributed by atoms with Crippen LogP contribution in [-0.4, -0.2) is 39.5 Å². The maximum absolute atomic E-state index is 10.1. The molecule has 0 unspecified atom stereocenters. The molecule has 0 amide bonds. The van der Waals surface area contributed by atoms with Crippen molar-refractivity contribution in [1.29, 1.82) is 0 Å². The number of aliphatic carboxylic acids is 1. The summed E-state index contributed by atoms with van der Waals surface area (Å²) in [4.78, 5) is 10.1. The second-order valence-electron chi connectivity index (χ2n) is 2.49. The Morgan fingerprint density at radius 3 is 2.27 bits per heavy atom. The maximum atomic E-state index is 10.1. The molecule has 0 aromatic rings. The zero-order valence-electron chi connectivity index (χ0n) is 6.27. The van der Waals surface area contributed by atoms with Gasteiger partial charge in [-0.3, -0.25) is 4.79 Å². The number of hydrogen-bond donors (Lipinski definition) is 4. The Labute approximate surface area is 64.4 Å². The van der Waals surface area contributed by atoms with Crippen LogP contribution in [0.1, 0.15) is 13.3 Å². The molecule has 5 N–H and O–H groups in total. The molecule has 0 bridgehead atoms. The summed E-state index contributed by atoms with van der Waals surface area (Å²) in [6.45, 7) is 1.37. The maximum Gasteiger partial charge on any atom is 0.320 e. The Kier molecular flexibility index (Phi) is 4.02. The normalized spacial score (nSPS) is 18.9. The molecule has 0 saturated heterocycles. The summed E-state index contributed by atoms with van der Waals surface area (Å²) < 4.78 is 0.